The van der Waals surface area contributed by atoms with Crippen LogP contribution in [0.4, 0.5) is 11.4 Å². The molecule has 2 aromatic rings. The number of hydrogen-bond donors (Lipinski definition) is 1. The minimum atomic E-state index is -0.928. The molecule has 0 aromatic heterocycles. The van der Waals surface area contributed by atoms with Gasteiger partial charge in [-0.3, -0.25) is 20.2 Å². The summed E-state index contributed by atoms with van der Waals surface area (Å²) in [4.78, 5) is 20.4. The molecule has 2 rings (SSSR count). The molecular formula is C15H14N2O5. The van der Waals surface area contributed by atoms with Gasteiger partial charge in [0.1, 0.15) is 0 Å². The third-order valence-corrected chi connectivity index (χ3v) is 3.68. The van der Waals surface area contributed by atoms with Gasteiger partial charge in [-0.15, -0.1) is 0 Å². The Morgan fingerprint density at radius 3 is 1.77 bits per heavy atom. The smallest absolute Gasteiger partial charge is 0.318 e. The van der Waals surface area contributed by atoms with Gasteiger partial charge in [0.2, 0.25) is 0 Å². The number of benzene rings is 2. The van der Waals surface area contributed by atoms with Crippen molar-refractivity contribution < 1.29 is 15.0 Å². The molecule has 114 valence electrons. The third kappa shape index (κ3) is 2.60. The SMILES string of the molecule is CC(C)(c1ccccc1)c1cc([N+](=O)[O-])c(O)c([N+](=O)[O-])c1. The highest BCUT2D eigenvalue weighted by Gasteiger charge is 2.32. The number of phenolic OH excluding ortho intramolecular Hbond substituents is 1. The van der Waals surface area contributed by atoms with Crippen LogP contribution in [0.1, 0.15) is 25.0 Å². The molecule has 0 spiro atoms. The van der Waals surface area contributed by atoms with Crippen molar-refractivity contribution in [2.24, 2.45) is 0 Å². The second-order valence-corrected chi connectivity index (χ2v) is 5.37. The van der Waals surface area contributed by atoms with Crippen LogP contribution in [0, 0.1) is 20.2 Å². The molecule has 0 radical (unpaired) electrons. The van der Waals surface area contributed by atoms with Crippen molar-refractivity contribution in [2.45, 2.75) is 19.3 Å². The number of hydrogen-bond acceptors (Lipinski definition) is 5. The normalized spacial score (nSPS) is 11.2. The predicted molar refractivity (Wildman–Crippen MR) is 80.0 cm³/mol. The molecule has 0 saturated heterocycles. The molecule has 1 N–H and O–H groups in total. The maximum atomic E-state index is 11.0. The monoisotopic (exact) mass is 302 g/mol. The fourth-order valence-corrected chi connectivity index (χ4v) is 2.26. The Hall–Kier alpha value is -2.96. The van der Waals surface area contributed by atoms with Crippen molar-refractivity contribution in [1.82, 2.24) is 0 Å². The molecule has 2 aromatic carbocycles. The van der Waals surface area contributed by atoms with Crippen LogP contribution in [-0.2, 0) is 5.41 Å². The van der Waals surface area contributed by atoms with Crippen LogP contribution in [0.2, 0.25) is 0 Å². The predicted octanol–water partition coefficient (Wildman–Crippen LogP) is 3.53. The van der Waals surface area contributed by atoms with E-state index in [0.29, 0.717) is 5.56 Å². The summed E-state index contributed by atoms with van der Waals surface area (Å²) in [6.07, 6.45) is 0. The van der Waals surface area contributed by atoms with Gasteiger partial charge in [-0.05, 0) is 11.1 Å². The summed E-state index contributed by atoms with van der Waals surface area (Å²) in [6.45, 7) is 3.62. The first-order valence-electron chi connectivity index (χ1n) is 6.47. The van der Waals surface area contributed by atoms with E-state index in [1.165, 1.54) is 12.1 Å². The number of nitro benzene ring substituents is 2. The van der Waals surface area contributed by atoms with Crippen molar-refractivity contribution in [3.63, 3.8) is 0 Å². The molecule has 0 unspecified atom stereocenters. The first-order valence-corrected chi connectivity index (χ1v) is 6.47. The van der Waals surface area contributed by atoms with Gasteiger partial charge in [-0.2, -0.15) is 0 Å². The van der Waals surface area contributed by atoms with Gasteiger partial charge in [0, 0.05) is 17.5 Å². The van der Waals surface area contributed by atoms with E-state index in [1.54, 1.807) is 0 Å². The Balaban J connectivity index is 2.70. The van der Waals surface area contributed by atoms with Crippen LogP contribution in [-0.4, -0.2) is 15.0 Å². The lowest BCUT2D eigenvalue weighted by molar-refractivity contribution is -0.396. The summed E-state index contributed by atoms with van der Waals surface area (Å²) >= 11 is 0. The van der Waals surface area contributed by atoms with Gasteiger partial charge in [0.05, 0.1) is 9.85 Å². The molecule has 0 aliphatic carbocycles. The average Bonchev–Trinajstić information content (AvgIpc) is 2.47. The van der Waals surface area contributed by atoms with Crippen molar-refractivity contribution in [2.75, 3.05) is 0 Å². The van der Waals surface area contributed by atoms with Crippen molar-refractivity contribution in [3.8, 4) is 5.75 Å². The fraction of sp³-hybridized carbons (Fsp3) is 0.200. The molecule has 0 saturated carbocycles. The zero-order chi connectivity index (χ0) is 16.5. The highest BCUT2D eigenvalue weighted by molar-refractivity contribution is 5.63. The Morgan fingerprint density at radius 2 is 1.36 bits per heavy atom. The number of nitrogens with zero attached hydrogens (tertiary/aromatic N) is 2. The topological polar surface area (TPSA) is 107 Å². The van der Waals surface area contributed by atoms with E-state index in [0.717, 1.165) is 5.56 Å². The number of phenols is 1. The van der Waals surface area contributed by atoms with E-state index < -0.39 is 32.4 Å². The van der Waals surface area contributed by atoms with Crippen molar-refractivity contribution >= 4 is 11.4 Å². The largest absolute Gasteiger partial charge is 0.497 e. The Labute approximate surface area is 126 Å². The minimum absolute atomic E-state index is 0.384. The second kappa shape index (κ2) is 5.44. The number of nitro groups is 2. The summed E-state index contributed by atoms with van der Waals surface area (Å²) in [5.74, 6) is -0.928. The molecule has 7 nitrogen and oxygen atoms in total. The fourth-order valence-electron chi connectivity index (χ4n) is 2.26. The summed E-state index contributed by atoms with van der Waals surface area (Å²) < 4.78 is 0. The van der Waals surface area contributed by atoms with Gasteiger partial charge >= 0.3 is 11.4 Å². The third-order valence-electron chi connectivity index (χ3n) is 3.68. The molecule has 0 heterocycles. The minimum Gasteiger partial charge on any atom is -0.497 e. The molecule has 0 atom stereocenters. The highest BCUT2D eigenvalue weighted by Crippen LogP contribution is 2.42. The molecule has 7 heteroatoms. The van der Waals surface area contributed by atoms with Gasteiger partial charge < -0.3 is 5.11 Å². The lowest BCUT2D eigenvalue weighted by Crippen LogP contribution is -2.19. The van der Waals surface area contributed by atoms with E-state index in [-0.39, 0.29) is 0 Å². The molecule has 0 amide bonds. The van der Waals surface area contributed by atoms with Crippen LogP contribution in [0.3, 0.4) is 0 Å². The molecule has 0 aliphatic rings. The van der Waals surface area contributed by atoms with Crippen LogP contribution in [0.5, 0.6) is 5.75 Å². The maximum Gasteiger partial charge on any atom is 0.318 e. The van der Waals surface area contributed by atoms with Crippen LogP contribution in [0.25, 0.3) is 0 Å². The Morgan fingerprint density at radius 1 is 0.909 bits per heavy atom. The van der Waals surface area contributed by atoms with E-state index in [1.807, 2.05) is 44.2 Å². The standard InChI is InChI=1S/C15H14N2O5/c1-15(2,10-6-4-3-5-7-10)11-8-12(16(19)20)14(18)13(9-11)17(21)22/h3-9,18H,1-2H3. The van der Waals surface area contributed by atoms with E-state index in [4.69, 9.17) is 0 Å². The lowest BCUT2D eigenvalue weighted by Gasteiger charge is -2.25. The van der Waals surface area contributed by atoms with Gasteiger partial charge in [0.15, 0.2) is 0 Å². The van der Waals surface area contributed by atoms with Gasteiger partial charge in [0.25, 0.3) is 5.75 Å². The summed E-state index contributed by atoms with van der Waals surface area (Å²) in [5, 5.41) is 31.8. The van der Waals surface area contributed by atoms with Gasteiger partial charge in [-0.1, -0.05) is 44.2 Å². The first kappa shape index (κ1) is 15.4. The van der Waals surface area contributed by atoms with E-state index >= 15 is 0 Å². The van der Waals surface area contributed by atoms with E-state index in [2.05, 4.69) is 0 Å². The number of aromatic hydroxyl groups is 1. The maximum absolute atomic E-state index is 11.0. The zero-order valence-electron chi connectivity index (χ0n) is 12.0. The lowest BCUT2D eigenvalue weighted by atomic mass is 9.78. The van der Waals surface area contributed by atoms with E-state index in [9.17, 15) is 25.3 Å². The van der Waals surface area contributed by atoms with Crippen LogP contribution < -0.4 is 0 Å². The quantitative estimate of drug-likeness (QED) is 0.686. The molecule has 0 aliphatic heterocycles. The number of rotatable bonds is 4. The van der Waals surface area contributed by atoms with Crippen LogP contribution >= 0.6 is 0 Å². The average molecular weight is 302 g/mol. The Kier molecular flexibility index (Phi) is 3.81. The highest BCUT2D eigenvalue weighted by atomic mass is 16.6. The molecular weight excluding hydrogens is 288 g/mol. The second-order valence-electron chi connectivity index (χ2n) is 5.37. The first-order chi connectivity index (χ1) is 10.2. The summed E-state index contributed by atoms with van der Waals surface area (Å²) in [6, 6.07) is 11.5. The zero-order valence-corrected chi connectivity index (χ0v) is 12.0. The summed E-state index contributed by atoms with van der Waals surface area (Å²) in [7, 11) is 0. The molecule has 0 bridgehead atoms. The van der Waals surface area contributed by atoms with Gasteiger partial charge in [-0.25, -0.2) is 0 Å². The van der Waals surface area contributed by atoms with Crippen LogP contribution in [0.15, 0.2) is 42.5 Å². The van der Waals surface area contributed by atoms with Crippen molar-refractivity contribution in [1.29, 1.82) is 0 Å². The van der Waals surface area contributed by atoms with Crippen molar-refractivity contribution in [3.05, 3.63) is 73.8 Å². The Bertz CT molecular complexity index is 706. The molecule has 0 fully saturated rings. The summed E-state index contributed by atoms with van der Waals surface area (Å²) in [5.41, 5.74) is -0.801. The molecule has 22 heavy (non-hydrogen) atoms.